The highest BCUT2D eigenvalue weighted by Gasteiger charge is 2.42. The lowest BCUT2D eigenvalue weighted by Gasteiger charge is -2.06. The highest BCUT2D eigenvalue weighted by Crippen LogP contribution is 2.21. The van der Waals surface area contributed by atoms with Crippen molar-refractivity contribution in [1.82, 2.24) is 0 Å². The molecule has 18 heavy (non-hydrogen) atoms. The molecule has 98 valence electrons. The molecule has 0 aliphatic carbocycles. The monoisotopic (exact) mass is 281 g/mol. The third-order valence-electron chi connectivity index (χ3n) is 1.72. The van der Waals surface area contributed by atoms with Crippen LogP contribution in [0.5, 0.6) is 0 Å². The molecule has 0 aliphatic heterocycles. The second kappa shape index (κ2) is 4.77. The van der Waals surface area contributed by atoms with Crippen LogP contribution in [-0.4, -0.2) is 31.4 Å². The van der Waals surface area contributed by atoms with Gasteiger partial charge in [0.25, 0.3) is 10.0 Å². The van der Waals surface area contributed by atoms with Gasteiger partial charge in [-0.05, 0) is 12.1 Å². The Kier molecular flexibility index (Phi) is 3.75. The smallest absolute Gasteiger partial charge is 0.441 e. The maximum atomic E-state index is 12.2. The number of hydrogen-bond donors (Lipinski definition) is 1. The summed E-state index contributed by atoms with van der Waals surface area (Å²) in [4.78, 5) is 9.82. The van der Waals surface area contributed by atoms with Crippen molar-refractivity contribution in [2.24, 2.45) is 4.40 Å². The van der Waals surface area contributed by atoms with Crippen LogP contribution in [0.3, 0.4) is 0 Å². The lowest BCUT2D eigenvalue weighted by molar-refractivity contribution is -0.133. The summed E-state index contributed by atoms with van der Waals surface area (Å²) in [5, 5.41) is 8.30. The maximum absolute atomic E-state index is 12.2. The topological polar surface area (TPSA) is 83.8 Å². The number of carboxylic acids is 1. The van der Waals surface area contributed by atoms with Crippen molar-refractivity contribution < 1.29 is 31.5 Å². The summed E-state index contributed by atoms with van der Waals surface area (Å²) in [6.45, 7) is 0. The molecule has 0 saturated carbocycles. The third kappa shape index (κ3) is 3.29. The van der Waals surface area contributed by atoms with E-state index in [1.807, 2.05) is 0 Å². The molecule has 1 rings (SSSR count). The van der Waals surface area contributed by atoms with Gasteiger partial charge in [0.1, 0.15) is 0 Å². The lowest BCUT2D eigenvalue weighted by atomic mass is 10.4. The first-order chi connectivity index (χ1) is 8.14. The Labute approximate surface area is 99.6 Å². The van der Waals surface area contributed by atoms with Crippen molar-refractivity contribution >= 4 is 21.7 Å². The molecule has 0 aromatic heterocycles. The first-order valence-corrected chi connectivity index (χ1v) is 5.79. The van der Waals surface area contributed by atoms with Gasteiger partial charge in [0.05, 0.1) is 4.90 Å². The predicted octanol–water partition coefficient (Wildman–Crippen LogP) is 1.46. The van der Waals surface area contributed by atoms with Crippen LogP contribution in [0.15, 0.2) is 39.6 Å². The Hall–Kier alpha value is -1.90. The molecular weight excluding hydrogens is 275 g/mol. The van der Waals surface area contributed by atoms with Gasteiger partial charge in [0, 0.05) is 0 Å². The highest BCUT2D eigenvalue weighted by atomic mass is 32.2. The molecule has 0 fully saturated rings. The molecule has 0 radical (unpaired) electrons. The van der Waals surface area contributed by atoms with Gasteiger partial charge in [0.15, 0.2) is 0 Å². The summed E-state index contributed by atoms with van der Waals surface area (Å²) >= 11 is 0. The fourth-order valence-corrected chi connectivity index (χ4v) is 2.01. The van der Waals surface area contributed by atoms with Gasteiger partial charge in [0.2, 0.25) is 5.71 Å². The summed E-state index contributed by atoms with van der Waals surface area (Å²) in [6.07, 6.45) is -5.35. The molecule has 9 heteroatoms. The molecule has 1 aromatic carbocycles. The van der Waals surface area contributed by atoms with Crippen molar-refractivity contribution in [2.45, 2.75) is 11.1 Å². The van der Waals surface area contributed by atoms with E-state index in [9.17, 15) is 26.4 Å². The Morgan fingerprint density at radius 3 is 2.06 bits per heavy atom. The Balaban J connectivity index is 3.34. The van der Waals surface area contributed by atoms with Gasteiger partial charge >= 0.3 is 12.1 Å². The SMILES string of the molecule is O=C(O)C(=NS(=O)(=O)c1ccccc1)C(F)(F)F. The van der Waals surface area contributed by atoms with Crippen LogP contribution < -0.4 is 0 Å². The van der Waals surface area contributed by atoms with Crippen LogP contribution in [0.25, 0.3) is 0 Å². The number of sulfonamides is 1. The molecular formula is C9H6F3NO4S. The number of aliphatic carboxylic acids is 1. The first-order valence-electron chi connectivity index (χ1n) is 4.35. The predicted molar refractivity (Wildman–Crippen MR) is 54.8 cm³/mol. The number of halogens is 3. The number of benzene rings is 1. The minimum atomic E-state index is -5.35. The first kappa shape index (κ1) is 14.2. The fraction of sp³-hybridized carbons (Fsp3) is 0.111. The Bertz CT molecular complexity index is 578. The second-order valence-corrected chi connectivity index (χ2v) is 4.64. The standard InChI is InChI=1S/C9H6F3NO4S/c10-9(11,12)7(8(14)15)13-18(16,17)6-4-2-1-3-5-6/h1-5H,(H,14,15). The van der Waals surface area contributed by atoms with E-state index in [4.69, 9.17) is 5.11 Å². The van der Waals surface area contributed by atoms with E-state index < -0.39 is 32.8 Å². The minimum absolute atomic E-state index is 0.520. The Morgan fingerprint density at radius 2 is 1.67 bits per heavy atom. The fourth-order valence-electron chi connectivity index (χ4n) is 0.977. The molecule has 0 saturated heterocycles. The largest absolute Gasteiger partial charge is 0.476 e. The van der Waals surface area contributed by atoms with Gasteiger partial charge < -0.3 is 5.11 Å². The van der Waals surface area contributed by atoms with Crippen molar-refractivity contribution in [3.63, 3.8) is 0 Å². The molecule has 0 atom stereocenters. The molecule has 0 bridgehead atoms. The molecule has 1 aromatic rings. The molecule has 0 aliphatic rings. The van der Waals surface area contributed by atoms with Gasteiger partial charge in [-0.2, -0.15) is 21.6 Å². The number of hydrogen-bond acceptors (Lipinski definition) is 3. The average Bonchev–Trinajstić information content (AvgIpc) is 2.25. The van der Waals surface area contributed by atoms with E-state index in [-0.39, 0.29) is 0 Å². The molecule has 0 amide bonds. The molecule has 0 unspecified atom stereocenters. The molecule has 5 nitrogen and oxygen atoms in total. The van der Waals surface area contributed by atoms with Crippen molar-refractivity contribution in [3.8, 4) is 0 Å². The van der Waals surface area contributed by atoms with E-state index in [2.05, 4.69) is 4.40 Å². The van der Waals surface area contributed by atoms with E-state index in [1.165, 1.54) is 18.2 Å². The van der Waals surface area contributed by atoms with Crippen molar-refractivity contribution in [3.05, 3.63) is 30.3 Å². The number of rotatable bonds is 3. The summed E-state index contributed by atoms with van der Waals surface area (Å²) in [7, 11) is -4.70. The lowest BCUT2D eigenvalue weighted by Crippen LogP contribution is -2.31. The summed E-state index contributed by atoms with van der Waals surface area (Å²) in [5.41, 5.74) is -2.38. The van der Waals surface area contributed by atoms with E-state index in [0.717, 1.165) is 12.1 Å². The highest BCUT2D eigenvalue weighted by molar-refractivity contribution is 7.90. The minimum Gasteiger partial charge on any atom is -0.476 e. The van der Waals surface area contributed by atoms with Crippen molar-refractivity contribution in [1.29, 1.82) is 0 Å². The second-order valence-electron chi connectivity index (χ2n) is 3.03. The number of carboxylic acid groups (broad SMARTS) is 1. The van der Waals surface area contributed by atoms with Crippen LogP contribution in [0.2, 0.25) is 0 Å². The van der Waals surface area contributed by atoms with E-state index >= 15 is 0 Å². The van der Waals surface area contributed by atoms with E-state index in [1.54, 1.807) is 0 Å². The van der Waals surface area contributed by atoms with Crippen LogP contribution in [0, 0.1) is 0 Å². The summed E-state index contributed by atoms with van der Waals surface area (Å²) in [6, 6.07) is 6.01. The zero-order valence-electron chi connectivity index (χ0n) is 8.55. The number of carbonyl (C=O) groups is 1. The van der Waals surface area contributed by atoms with Gasteiger partial charge in [-0.1, -0.05) is 18.2 Å². The molecule has 0 spiro atoms. The van der Waals surface area contributed by atoms with Crippen LogP contribution >= 0.6 is 0 Å². The van der Waals surface area contributed by atoms with Crippen LogP contribution in [0.4, 0.5) is 13.2 Å². The zero-order valence-corrected chi connectivity index (χ0v) is 9.36. The summed E-state index contributed by atoms with van der Waals surface area (Å²) in [5.74, 6) is -2.46. The van der Waals surface area contributed by atoms with Gasteiger partial charge in [-0.15, -0.1) is 4.40 Å². The van der Waals surface area contributed by atoms with E-state index in [0.29, 0.717) is 0 Å². The van der Waals surface area contributed by atoms with Crippen LogP contribution in [0.1, 0.15) is 0 Å². The van der Waals surface area contributed by atoms with Gasteiger partial charge in [-0.3, -0.25) is 0 Å². The third-order valence-corrected chi connectivity index (χ3v) is 3.01. The number of alkyl halides is 3. The summed E-state index contributed by atoms with van der Waals surface area (Å²) < 4.78 is 61.9. The normalized spacial score (nSPS) is 13.4. The maximum Gasteiger partial charge on any atom is 0.441 e. The molecule has 1 N–H and O–H groups in total. The molecule has 0 heterocycles. The Morgan fingerprint density at radius 1 is 1.17 bits per heavy atom. The van der Waals surface area contributed by atoms with Crippen LogP contribution in [-0.2, 0) is 14.8 Å². The van der Waals surface area contributed by atoms with Crippen molar-refractivity contribution in [2.75, 3.05) is 0 Å². The van der Waals surface area contributed by atoms with Gasteiger partial charge in [-0.25, -0.2) is 4.79 Å². The zero-order chi connectivity index (χ0) is 14.0. The quantitative estimate of drug-likeness (QED) is 0.850. The average molecular weight is 281 g/mol. The number of nitrogens with zero attached hydrogens (tertiary/aromatic N) is 1.